The lowest BCUT2D eigenvalue weighted by atomic mass is 10.2. The molecule has 2 aromatic carbocycles. The predicted molar refractivity (Wildman–Crippen MR) is 118 cm³/mol. The number of carbonyl (C=O) groups is 1. The molecule has 0 bridgehead atoms. The Kier molecular flexibility index (Phi) is 6.53. The van der Waals surface area contributed by atoms with Crippen LogP contribution in [-0.4, -0.2) is 60.0 Å². The van der Waals surface area contributed by atoms with Crippen molar-refractivity contribution in [2.24, 2.45) is 0 Å². The van der Waals surface area contributed by atoms with E-state index in [0.717, 1.165) is 43.2 Å². The monoisotopic (exact) mass is 424 g/mol. The lowest BCUT2D eigenvalue weighted by Crippen LogP contribution is -2.49. The molecule has 1 aromatic heterocycles. The fourth-order valence-corrected chi connectivity index (χ4v) is 4.09. The van der Waals surface area contributed by atoms with Crippen LogP contribution in [0.25, 0.3) is 11.4 Å². The number of piperazine rings is 1. The van der Waals surface area contributed by atoms with E-state index in [2.05, 4.69) is 27.2 Å². The molecule has 7 nitrogen and oxygen atoms in total. The molecule has 1 aliphatic heterocycles. The van der Waals surface area contributed by atoms with Gasteiger partial charge in [-0.2, -0.15) is 4.98 Å². The second-order valence-electron chi connectivity index (χ2n) is 6.94. The van der Waals surface area contributed by atoms with Crippen molar-refractivity contribution in [2.75, 3.05) is 43.9 Å². The molecule has 1 fully saturated rings. The number of amides is 1. The zero-order valence-electron chi connectivity index (χ0n) is 16.9. The quantitative estimate of drug-likeness (QED) is 0.576. The highest BCUT2D eigenvalue weighted by molar-refractivity contribution is 7.99. The van der Waals surface area contributed by atoms with Crippen LogP contribution < -0.4 is 9.64 Å². The van der Waals surface area contributed by atoms with E-state index < -0.39 is 0 Å². The smallest absolute Gasteiger partial charge is 0.236 e. The molecular formula is C22H24N4O3S. The van der Waals surface area contributed by atoms with Gasteiger partial charge in [0, 0.05) is 37.4 Å². The van der Waals surface area contributed by atoms with E-state index in [1.165, 1.54) is 11.8 Å². The van der Waals surface area contributed by atoms with Gasteiger partial charge in [0.2, 0.25) is 17.6 Å². The summed E-state index contributed by atoms with van der Waals surface area (Å²) in [5, 5.41) is 4.01. The van der Waals surface area contributed by atoms with E-state index >= 15 is 0 Å². The lowest BCUT2D eigenvalue weighted by molar-refractivity contribution is -0.128. The summed E-state index contributed by atoms with van der Waals surface area (Å²) in [5.74, 6) is 3.05. The molecule has 0 aliphatic carbocycles. The number of benzene rings is 2. The minimum absolute atomic E-state index is 0.150. The number of methoxy groups -OCH3 is 1. The van der Waals surface area contributed by atoms with Gasteiger partial charge in [-0.25, -0.2) is 0 Å². The van der Waals surface area contributed by atoms with Crippen molar-refractivity contribution in [3.63, 3.8) is 0 Å². The maximum Gasteiger partial charge on any atom is 0.236 e. The van der Waals surface area contributed by atoms with Crippen LogP contribution in [0.4, 0.5) is 5.69 Å². The first-order valence-corrected chi connectivity index (χ1v) is 11.0. The Hall–Kier alpha value is -3.00. The van der Waals surface area contributed by atoms with Crippen molar-refractivity contribution in [2.45, 2.75) is 5.75 Å². The predicted octanol–water partition coefficient (Wildman–Crippen LogP) is 3.33. The third kappa shape index (κ3) is 4.94. The third-order valence-electron chi connectivity index (χ3n) is 5.02. The zero-order chi connectivity index (χ0) is 20.8. The van der Waals surface area contributed by atoms with Crippen LogP contribution in [0.2, 0.25) is 0 Å². The zero-order valence-corrected chi connectivity index (χ0v) is 17.7. The Balaban J connectivity index is 1.21. The average Bonchev–Trinajstić information content (AvgIpc) is 3.29. The van der Waals surface area contributed by atoms with E-state index in [1.807, 2.05) is 47.4 Å². The van der Waals surface area contributed by atoms with Crippen molar-refractivity contribution < 1.29 is 14.1 Å². The molecule has 1 aliphatic rings. The number of hydrogen-bond donors (Lipinski definition) is 0. The van der Waals surface area contributed by atoms with Crippen LogP contribution >= 0.6 is 11.8 Å². The summed E-state index contributed by atoms with van der Waals surface area (Å²) < 4.78 is 10.5. The van der Waals surface area contributed by atoms with Gasteiger partial charge in [0.25, 0.3) is 0 Å². The summed E-state index contributed by atoms with van der Waals surface area (Å²) >= 11 is 1.50. The van der Waals surface area contributed by atoms with Crippen LogP contribution in [-0.2, 0) is 10.5 Å². The van der Waals surface area contributed by atoms with Gasteiger partial charge in [0.1, 0.15) is 5.75 Å². The first kappa shape index (κ1) is 20.3. The van der Waals surface area contributed by atoms with Gasteiger partial charge in [-0.05, 0) is 24.3 Å². The summed E-state index contributed by atoms with van der Waals surface area (Å²) in [5.41, 5.74) is 2.08. The molecule has 0 N–H and O–H groups in total. The highest BCUT2D eigenvalue weighted by atomic mass is 32.2. The molecule has 8 heteroatoms. The second-order valence-corrected chi connectivity index (χ2v) is 7.92. The number of hydrogen-bond acceptors (Lipinski definition) is 7. The van der Waals surface area contributed by atoms with Crippen LogP contribution in [0.3, 0.4) is 0 Å². The average molecular weight is 425 g/mol. The lowest BCUT2D eigenvalue weighted by Gasteiger charge is -2.36. The van der Waals surface area contributed by atoms with Crippen LogP contribution in [0, 0.1) is 0 Å². The Morgan fingerprint density at radius 2 is 1.80 bits per heavy atom. The van der Waals surface area contributed by atoms with Gasteiger partial charge in [-0.15, -0.1) is 11.8 Å². The number of carbonyl (C=O) groups excluding carboxylic acids is 1. The summed E-state index contributed by atoms with van der Waals surface area (Å²) in [7, 11) is 1.66. The van der Waals surface area contributed by atoms with Crippen molar-refractivity contribution >= 4 is 23.4 Å². The molecular weight excluding hydrogens is 400 g/mol. The molecule has 0 unspecified atom stereocenters. The second kappa shape index (κ2) is 9.67. The summed E-state index contributed by atoms with van der Waals surface area (Å²) in [4.78, 5) is 21.2. The number of thioether (sulfide) groups is 1. The highest BCUT2D eigenvalue weighted by Crippen LogP contribution is 2.21. The Morgan fingerprint density at radius 1 is 1.07 bits per heavy atom. The van der Waals surface area contributed by atoms with E-state index in [1.54, 1.807) is 7.11 Å². The van der Waals surface area contributed by atoms with Gasteiger partial charge in [0.05, 0.1) is 18.6 Å². The molecule has 0 atom stereocenters. The normalized spacial score (nSPS) is 14.0. The maximum atomic E-state index is 12.5. The number of nitrogens with zero attached hydrogens (tertiary/aromatic N) is 4. The molecule has 0 spiro atoms. The third-order valence-corrected chi connectivity index (χ3v) is 5.92. The number of rotatable bonds is 7. The fourth-order valence-electron chi connectivity index (χ4n) is 3.34. The Labute approximate surface area is 180 Å². The minimum Gasteiger partial charge on any atom is -0.497 e. The first-order chi connectivity index (χ1) is 14.7. The molecule has 0 saturated carbocycles. The first-order valence-electron chi connectivity index (χ1n) is 9.85. The van der Waals surface area contributed by atoms with Crippen molar-refractivity contribution in [1.29, 1.82) is 0 Å². The Bertz CT molecular complexity index is 954. The van der Waals surface area contributed by atoms with Gasteiger partial charge in [-0.3, -0.25) is 4.79 Å². The van der Waals surface area contributed by atoms with Gasteiger partial charge >= 0.3 is 0 Å². The van der Waals surface area contributed by atoms with Crippen molar-refractivity contribution in [3.05, 3.63) is 60.5 Å². The molecule has 0 radical (unpaired) electrons. The summed E-state index contributed by atoms with van der Waals surface area (Å²) in [6.07, 6.45) is 0. The van der Waals surface area contributed by atoms with E-state index in [4.69, 9.17) is 9.26 Å². The molecule has 156 valence electrons. The van der Waals surface area contributed by atoms with Crippen LogP contribution in [0.5, 0.6) is 5.75 Å². The molecule has 3 aromatic rings. The number of ether oxygens (including phenoxy) is 1. The van der Waals surface area contributed by atoms with Gasteiger partial charge in [-0.1, -0.05) is 35.5 Å². The molecule has 1 amide bonds. The fraction of sp³-hybridized carbons (Fsp3) is 0.318. The minimum atomic E-state index is 0.150. The molecule has 4 rings (SSSR count). The van der Waals surface area contributed by atoms with E-state index in [0.29, 0.717) is 23.2 Å². The summed E-state index contributed by atoms with van der Waals surface area (Å²) in [6, 6.07) is 17.7. The summed E-state index contributed by atoms with van der Waals surface area (Å²) in [6.45, 7) is 3.11. The highest BCUT2D eigenvalue weighted by Gasteiger charge is 2.21. The van der Waals surface area contributed by atoms with Crippen molar-refractivity contribution in [3.8, 4) is 17.1 Å². The van der Waals surface area contributed by atoms with E-state index in [-0.39, 0.29) is 5.91 Å². The Morgan fingerprint density at radius 3 is 2.50 bits per heavy atom. The maximum absolute atomic E-state index is 12.5. The van der Waals surface area contributed by atoms with E-state index in [9.17, 15) is 4.79 Å². The molecule has 2 heterocycles. The SMILES string of the molecule is COc1ccc(N2CCN(C(=O)CSCc3nc(-c4ccccc4)no3)CC2)cc1. The number of aromatic nitrogens is 2. The molecule has 1 saturated heterocycles. The van der Waals surface area contributed by atoms with Gasteiger partial charge < -0.3 is 19.1 Å². The van der Waals surface area contributed by atoms with Crippen LogP contribution in [0.1, 0.15) is 5.89 Å². The molecule has 30 heavy (non-hydrogen) atoms. The number of anilines is 1. The standard InChI is InChI=1S/C22H24N4O3S/c1-28-19-9-7-18(8-10-19)25-11-13-26(14-12-25)21(27)16-30-15-20-23-22(24-29-20)17-5-3-2-4-6-17/h2-10H,11-16H2,1H3. The van der Waals surface area contributed by atoms with Crippen LogP contribution in [0.15, 0.2) is 59.1 Å². The largest absolute Gasteiger partial charge is 0.497 e. The van der Waals surface area contributed by atoms with Crippen molar-refractivity contribution in [1.82, 2.24) is 15.0 Å². The van der Waals surface area contributed by atoms with Gasteiger partial charge in [0.15, 0.2) is 0 Å². The topological polar surface area (TPSA) is 71.7 Å².